The molecule has 1 aromatic rings. The molecule has 9 amide bonds. The third-order valence-electron chi connectivity index (χ3n) is 13.7. The number of Topliss-reactive ketones (excluding diaryl/α,β-unsaturated/α-hetero) is 1. The molecule has 3 heterocycles. The van der Waals surface area contributed by atoms with Gasteiger partial charge in [-0.2, -0.15) is 0 Å². The Kier molecular flexibility index (Phi) is 22.9. The minimum Gasteiger partial charge on any atom is -0.458 e. The number of cyclic esters (lactones) is 1. The zero-order valence-corrected chi connectivity index (χ0v) is 43.8. The molecule has 0 saturated carbocycles. The van der Waals surface area contributed by atoms with E-state index >= 15 is 0 Å². The number of benzene rings is 1. The minimum atomic E-state index is -1.65. The number of allylic oxidation sites excluding steroid dienone is 2. The molecular formula is C52H75N9O13. The van der Waals surface area contributed by atoms with Crippen molar-refractivity contribution in [3.05, 3.63) is 59.3 Å². The number of hydrogen-bond acceptors (Lipinski definition) is 13. The molecule has 406 valence electrons. The number of ketones is 1. The molecule has 3 aliphatic heterocycles. The fourth-order valence-corrected chi connectivity index (χ4v) is 9.04. The molecule has 0 aromatic heterocycles. The molecule has 0 radical (unpaired) electrons. The molecule has 10 atom stereocenters. The standard InChI is InChI=1S/C52H75N9O13/c1-9-12-18-30(5)44(64)59-42-32(7)74-52(72)39-22-17-26-61(39)51(71)35(23-24-40(53)62)55-48(68)41(29(4)10-2)58-45(65)34(11-3)54-47(67)38-21-16-25-60(38)50(70)31(6)43(63)36(27-33-19-14-13-15-20-33)56-46(66)37(28-73-8)57-49(42)69/h11,13-15,18-20,29,31-32,35-39,41-42H,9-10,12,16-17,21-28H2,1-8H3,(H2,53,62)(H,54,67)(H,55,68)(H,56,66)(H,57,69)(H,58,65)(H,59,64)/b30-18-,34-11+/t29-,31+,32-,35-,36+,37-,38-,39-,41-,42+/m0/s1. The molecule has 22 nitrogen and oxygen atoms in total. The van der Waals surface area contributed by atoms with Crippen molar-refractivity contribution in [2.45, 2.75) is 161 Å². The first-order valence-corrected chi connectivity index (χ1v) is 25.5. The number of ether oxygens (including phenoxy) is 2. The van der Waals surface area contributed by atoms with E-state index in [1.807, 2.05) is 6.92 Å². The number of nitrogens with one attached hydrogen (secondary N) is 6. The van der Waals surface area contributed by atoms with Crippen LogP contribution in [0.5, 0.6) is 0 Å². The second-order valence-corrected chi connectivity index (χ2v) is 19.1. The Labute approximate surface area is 432 Å². The van der Waals surface area contributed by atoms with Gasteiger partial charge in [-0.3, -0.25) is 47.9 Å². The summed E-state index contributed by atoms with van der Waals surface area (Å²) in [6, 6.07) is -0.974. The third-order valence-corrected chi connectivity index (χ3v) is 13.7. The number of unbranched alkanes of at least 4 members (excludes halogenated alkanes) is 1. The van der Waals surface area contributed by atoms with E-state index in [0.717, 1.165) is 0 Å². The van der Waals surface area contributed by atoms with Crippen molar-refractivity contribution in [3.8, 4) is 0 Å². The van der Waals surface area contributed by atoms with E-state index in [2.05, 4.69) is 31.9 Å². The van der Waals surface area contributed by atoms with Crippen LogP contribution in [0.4, 0.5) is 0 Å². The van der Waals surface area contributed by atoms with Crippen LogP contribution in [0.1, 0.15) is 112 Å². The molecule has 8 N–H and O–H groups in total. The highest BCUT2D eigenvalue weighted by atomic mass is 16.5. The highest BCUT2D eigenvalue weighted by Crippen LogP contribution is 2.24. The van der Waals surface area contributed by atoms with Crippen molar-refractivity contribution >= 4 is 64.9 Å². The quantitative estimate of drug-likeness (QED) is 0.0806. The molecule has 3 aliphatic rings. The maximum absolute atomic E-state index is 14.5. The number of fused-ring (bicyclic) bond motifs is 2. The minimum absolute atomic E-state index is 0.0260. The Bertz CT molecular complexity index is 2310. The number of methoxy groups -OCH3 is 1. The van der Waals surface area contributed by atoms with Gasteiger partial charge in [0.25, 0.3) is 5.91 Å². The van der Waals surface area contributed by atoms with Gasteiger partial charge in [-0.05, 0) is 84.1 Å². The second-order valence-electron chi connectivity index (χ2n) is 19.1. The first-order valence-electron chi connectivity index (χ1n) is 25.5. The lowest BCUT2D eigenvalue weighted by Crippen LogP contribution is -2.61. The van der Waals surface area contributed by atoms with E-state index in [1.165, 1.54) is 50.7 Å². The molecule has 0 spiro atoms. The highest BCUT2D eigenvalue weighted by Gasteiger charge is 2.44. The average Bonchev–Trinajstić information content (AvgIpc) is 4.09. The van der Waals surface area contributed by atoms with E-state index < -0.39 is 132 Å². The van der Waals surface area contributed by atoms with Crippen LogP contribution in [0.2, 0.25) is 0 Å². The van der Waals surface area contributed by atoms with E-state index in [9.17, 15) is 52.7 Å². The largest absolute Gasteiger partial charge is 0.458 e. The van der Waals surface area contributed by atoms with Gasteiger partial charge in [0, 0.05) is 32.2 Å². The Morgan fingerprint density at radius 2 is 1.46 bits per heavy atom. The van der Waals surface area contributed by atoms with Crippen molar-refractivity contribution < 1.29 is 62.2 Å². The van der Waals surface area contributed by atoms with Gasteiger partial charge in [0.15, 0.2) is 5.78 Å². The maximum Gasteiger partial charge on any atom is 0.329 e. The summed E-state index contributed by atoms with van der Waals surface area (Å²) in [5.74, 6) is -10.9. The zero-order chi connectivity index (χ0) is 54.8. The molecule has 3 fully saturated rings. The summed E-state index contributed by atoms with van der Waals surface area (Å²) in [6.07, 6.45) is 3.40. The molecule has 22 heteroatoms. The fourth-order valence-electron chi connectivity index (χ4n) is 9.04. The lowest BCUT2D eigenvalue weighted by Gasteiger charge is -2.32. The van der Waals surface area contributed by atoms with Crippen molar-refractivity contribution in [1.29, 1.82) is 0 Å². The number of rotatable bonds is 13. The van der Waals surface area contributed by atoms with Crippen LogP contribution in [-0.4, -0.2) is 150 Å². The average molecular weight is 1030 g/mol. The summed E-state index contributed by atoms with van der Waals surface area (Å²) >= 11 is 0. The summed E-state index contributed by atoms with van der Waals surface area (Å²) in [7, 11) is 1.27. The summed E-state index contributed by atoms with van der Waals surface area (Å²) in [6.45, 7) is 10.8. The second kappa shape index (κ2) is 28.5. The van der Waals surface area contributed by atoms with Crippen molar-refractivity contribution in [2.24, 2.45) is 17.6 Å². The molecule has 1 aromatic carbocycles. The van der Waals surface area contributed by atoms with Crippen LogP contribution < -0.4 is 37.6 Å². The molecule has 0 aliphatic carbocycles. The summed E-state index contributed by atoms with van der Waals surface area (Å²) in [4.78, 5) is 156. The van der Waals surface area contributed by atoms with E-state index in [0.29, 0.717) is 37.7 Å². The summed E-state index contributed by atoms with van der Waals surface area (Å²) in [5.41, 5.74) is 6.10. The van der Waals surface area contributed by atoms with Gasteiger partial charge in [0.05, 0.1) is 18.6 Å². The predicted molar refractivity (Wildman–Crippen MR) is 269 cm³/mol. The molecule has 4 rings (SSSR count). The third kappa shape index (κ3) is 16.0. The van der Waals surface area contributed by atoms with E-state index in [-0.39, 0.29) is 56.5 Å². The van der Waals surface area contributed by atoms with Crippen molar-refractivity contribution in [2.75, 3.05) is 26.8 Å². The SMILES string of the molecule is C/C=C1/NC(=O)[C@@H]2CCCN2C(=O)[C@H](C)C(=O)[C@@H](Cc2ccccc2)NC(=O)[C@H](COC)NC(=O)[C@H](NC(=O)/C(C)=C\CCC)[C@H](C)OC(=O)[C@@H]2CCCN2C(=O)[C@H](CCC(N)=O)NC(=O)[C@H]([C@@H](C)CC)NC1=O. The van der Waals surface area contributed by atoms with Crippen LogP contribution in [0.15, 0.2) is 53.8 Å². The molecule has 0 bridgehead atoms. The van der Waals surface area contributed by atoms with Crippen molar-refractivity contribution in [3.63, 3.8) is 0 Å². The van der Waals surface area contributed by atoms with Gasteiger partial charge >= 0.3 is 5.97 Å². The van der Waals surface area contributed by atoms with Crippen LogP contribution in [0.25, 0.3) is 0 Å². The molecule has 3 saturated heterocycles. The van der Waals surface area contributed by atoms with Crippen LogP contribution in [0.3, 0.4) is 0 Å². The molecule has 0 unspecified atom stereocenters. The van der Waals surface area contributed by atoms with Crippen LogP contribution in [0, 0.1) is 11.8 Å². The number of carbonyl (C=O) groups is 11. The van der Waals surface area contributed by atoms with Gasteiger partial charge in [0.1, 0.15) is 48.1 Å². The predicted octanol–water partition coefficient (Wildman–Crippen LogP) is 0.510. The number of carbonyl (C=O) groups excluding carboxylic acids is 11. The number of primary amides is 1. The summed E-state index contributed by atoms with van der Waals surface area (Å²) < 4.78 is 11.2. The lowest BCUT2D eigenvalue weighted by molar-refractivity contribution is -0.160. The monoisotopic (exact) mass is 1030 g/mol. The van der Waals surface area contributed by atoms with Gasteiger partial charge in [0.2, 0.25) is 47.3 Å². The Balaban J connectivity index is 1.83. The number of hydrogen-bond donors (Lipinski definition) is 7. The first-order chi connectivity index (χ1) is 35.2. The topological polar surface area (TPSA) is 311 Å². The summed E-state index contributed by atoms with van der Waals surface area (Å²) in [5, 5.41) is 15.8. The number of amides is 9. The van der Waals surface area contributed by atoms with Crippen LogP contribution in [-0.2, 0) is 68.6 Å². The smallest absolute Gasteiger partial charge is 0.329 e. The normalized spacial score (nSPS) is 27.7. The van der Waals surface area contributed by atoms with Gasteiger partial charge < -0.3 is 56.9 Å². The van der Waals surface area contributed by atoms with E-state index in [1.54, 1.807) is 50.3 Å². The van der Waals surface area contributed by atoms with Crippen LogP contribution >= 0.6 is 0 Å². The van der Waals surface area contributed by atoms with Gasteiger partial charge in [-0.25, -0.2) is 4.79 Å². The van der Waals surface area contributed by atoms with Gasteiger partial charge in [-0.15, -0.1) is 0 Å². The Morgan fingerprint density at radius 1 is 0.838 bits per heavy atom. The maximum atomic E-state index is 14.5. The van der Waals surface area contributed by atoms with E-state index in [4.69, 9.17) is 15.2 Å². The van der Waals surface area contributed by atoms with Crippen molar-refractivity contribution in [1.82, 2.24) is 41.7 Å². The zero-order valence-electron chi connectivity index (χ0n) is 43.8. The molecular weight excluding hydrogens is 959 g/mol. The lowest BCUT2D eigenvalue weighted by atomic mass is 9.93. The first kappa shape index (κ1) is 59.6. The Morgan fingerprint density at radius 3 is 2.07 bits per heavy atom. The number of nitrogens with zero attached hydrogens (tertiary/aromatic N) is 2. The Hall–Kier alpha value is -6.97. The number of esters is 1. The fraction of sp³-hybridized carbons (Fsp3) is 0.596. The highest BCUT2D eigenvalue weighted by molar-refractivity contribution is 6.07. The molecule has 74 heavy (non-hydrogen) atoms. The number of nitrogens with two attached hydrogens (primary N) is 1. The van der Waals surface area contributed by atoms with Gasteiger partial charge in [-0.1, -0.05) is 76.1 Å².